The Kier molecular flexibility index (Phi) is 11.2. The minimum atomic E-state index is -5.78. The van der Waals surface area contributed by atoms with Gasteiger partial charge in [-0.3, -0.25) is 25.2 Å². The van der Waals surface area contributed by atoms with Crippen LogP contribution in [0.3, 0.4) is 0 Å². The van der Waals surface area contributed by atoms with Crippen LogP contribution in [0.25, 0.3) is 11.4 Å². The van der Waals surface area contributed by atoms with E-state index < -0.39 is 66.2 Å². The van der Waals surface area contributed by atoms with Gasteiger partial charge in [0.1, 0.15) is 11.6 Å². The van der Waals surface area contributed by atoms with Crippen LogP contribution in [0.15, 0.2) is 51.9 Å². The molecule has 276 valence electrons. The van der Waals surface area contributed by atoms with E-state index in [4.69, 9.17) is 4.74 Å². The van der Waals surface area contributed by atoms with E-state index in [1.165, 1.54) is 52.8 Å². The summed E-state index contributed by atoms with van der Waals surface area (Å²) in [7, 11) is 0. The monoisotopic (exact) mass is 750 g/mol. The number of alkyl halides is 7. The molecule has 1 aliphatic rings. The Balaban J connectivity index is 1.63. The van der Waals surface area contributed by atoms with Crippen molar-refractivity contribution in [1.29, 1.82) is 0 Å². The van der Waals surface area contributed by atoms with Crippen LogP contribution >= 0.6 is 11.8 Å². The molecule has 0 radical (unpaired) electrons. The number of nitrogens with zero attached hydrogens (tertiary/aromatic N) is 3. The molecule has 2 aromatic carbocycles. The van der Waals surface area contributed by atoms with Crippen LogP contribution in [0.1, 0.15) is 49.5 Å². The third-order valence-corrected chi connectivity index (χ3v) is 7.84. The van der Waals surface area contributed by atoms with E-state index >= 15 is 0 Å². The number of hydrazine groups is 1. The van der Waals surface area contributed by atoms with E-state index in [0.29, 0.717) is 10.5 Å². The number of rotatable bonds is 8. The number of hydrogen-bond donors (Lipinski definition) is 3. The number of carbonyl (C=O) groups excluding carboxylic acids is 4. The standard InChI is InChI=1S/C30H29F7N6O7S/c1-5-48-28(31,30(35,36)37)24(46)41-40-22(44)17-10-11-20-19(12-17)43(23(45)18(14-51-20)38-26(47)49-27(2,3)4)13-15-6-8-16(9-7-15)21-39-25(50-42-21)29(32,33)34/h6-12,18H,5,13-14H2,1-4H3,(H,38,47)(H,40,44)(H,41,46)/t18-,28?/m0/s1. The largest absolute Gasteiger partial charge is 0.471 e. The van der Waals surface area contributed by atoms with Crippen molar-refractivity contribution in [2.45, 2.75) is 69.0 Å². The van der Waals surface area contributed by atoms with Gasteiger partial charge < -0.3 is 24.2 Å². The number of fused-ring (bicyclic) bond motifs is 1. The van der Waals surface area contributed by atoms with Crippen molar-refractivity contribution in [3.8, 4) is 11.4 Å². The summed E-state index contributed by atoms with van der Waals surface area (Å²) in [5, 5.41) is 5.84. The van der Waals surface area contributed by atoms with Gasteiger partial charge in [0, 0.05) is 28.4 Å². The predicted octanol–water partition coefficient (Wildman–Crippen LogP) is 5.31. The second-order valence-corrected chi connectivity index (χ2v) is 12.7. The molecule has 51 heavy (non-hydrogen) atoms. The van der Waals surface area contributed by atoms with Gasteiger partial charge >= 0.3 is 36.1 Å². The normalized spacial score (nSPS) is 16.4. The molecule has 0 saturated heterocycles. The average molecular weight is 751 g/mol. The number of ether oxygens (including phenoxy) is 2. The molecule has 4 rings (SSSR count). The van der Waals surface area contributed by atoms with Crippen LogP contribution in [0.2, 0.25) is 0 Å². The predicted molar refractivity (Wildman–Crippen MR) is 163 cm³/mol. The molecule has 4 amide bonds. The van der Waals surface area contributed by atoms with Crippen molar-refractivity contribution in [2.24, 2.45) is 0 Å². The van der Waals surface area contributed by atoms with Gasteiger partial charge in [0.15, 0.2) is 0 Å². The minimum Gasteiger partial charge on any atom is -0.444 e. The Morgan fingerprint density at radius 3 is 2.24 bits per heavy atom. The summed E-state index contributed by atoms with van der Waals surface area (Å²) < 4.78 is 106. The summed E-state index contributed by atoms with van der Waals surface area (Å²) in [5.41, 5.74) is 2.51. The highest BCUT2D eigenvalue weighted by molar-refractivity contribution is 7.99. The molecule has 1 unspecified atom stereocenters. The molecule has 3 aromatic rings. The molecule has 0 saturated carbocycles. The third-order valence-electron chi connectivity index (χ3n) is 6.68. The maximum absolute atomic E-state index is 14.5. The van der Waals surface area contributed by atoms with Gasteiger partial charge in [-0.25, -0.2) is 4.79 Å². The molecule has 0 aliphatic carbocycles. The highest BCUT2D eigenvalue weighted by Crippen LogP contribution is 2.38. The van der Waals surface area contributed by atoms with Crippen molar-refractivity contribution in [1.82, 2.24) is 26.3 Å². The summed E-state index contributed by atoms with van der Waals surface area (Å²) in [6, 6.07) is 8.28. The minimum absolute atomic E-state index is 0.00502. The zero-order valence-electron chi connectivity index (χ0n) is 27.0. The highest BCUT2D eigenvalue weighted by atomic mass is 32.2. The van der Waals surface area contributed by atoms with Gasteiger partial charge in [-0.2, -0.15) is 35.7 Å². The highest BCUT2D eigenvalue weighted by Gasteiger charge is 2.63. The number of hydrogen-bond acceptors (Lipinski definition) is 10. The zero-order chi connectivity index (χ0) is 37.9. The van der Waals surface area contributed by atoms with Gasteiger partial charge in [0.05, 0.1) is 12.2 Å². The fraction of sp³-hybridized carbons (Fsp3) is 0.400. The van der Waals surface area contributed by atoms with Crippen LogP contribution in [-0.2, 0) is 31.8 Å². The number of amides is 4. The van der Waals surface area contributed by atoms with E-state index in [2.05, 4.69) is 24.7 Å². The van der Waals surface area contributed by atoms with Crippen molar-refractivity contribution >= 4 is 41.3 Å². The molecular formula is C30H29F7N6O7S. The molecular weight excluding hydrogens is 721 g/mol. The van der Waals surface area contributed by atoms with Crippen molar-refractivity contribution < 1.29 is 63.9 Å². The number of anilines is 1. The quantitative estimate of drug-likeness (QED) is 0.203. The molecule has 0 spiro atoms. The fourth-order valence-electron chi connectivity index (χ4n) is 4.40. The van der Waals surface area contributed by atoms with E-state index in [1.807, 2.05) is 0 Å². The maximum atomic E-state index is 14.5. The SMILES string of the molecule is CCOC(F)(C(=O)NNC(=O)c1ccc2c(c1)N(Cc1ccc(-c3noc(C(F)(F)F)n3)cc1)C(=O)[C@@H](NC(=O)OC(C)(C)C)CS2)C(F)(F)F. The Labute approximate surface area is 288 Å². The molecule has 2 atom stereocenters. The van der Waals surface area contributed by atoms with Gasteiger partial charge in [-0.1, -0.05) is 29.4 Å². The summed E-state index contributed by atoms with van der Waals surface area (Å²) >= 11 is 1.11. The molecule has 13 nitrogen and oxygen atoms in total. The lowest BCUT2D eigenvalue weighted by atomic mass is 10.1. The molecule has 1 aromatic heterocycles. The maximum Gasteiger partial charge on any atom is 0.471 e. The number of thioether (sulfide) groups is 1. The summed E-state index contributed by atoms with van der Waals surface area (Å²) in [6.07, 6.45) is -11.5. The second-order valence-electron chi connectivity index (χ2n) is 11.7. The molecule has 0 bridgehead atoms. The van der Waals surface area contributed by atoms with Crippen LogP contribution in [-0.4, -0.2) is 70.0 Å². The first-order valence-corrected chi connectivity index (χ1v) is 15.7. The Morgan fingerprint density at radius 2 is 1.67 bits per heavy atom. The number of nitrogens with one attached hydrogen (secondary N) is 3. The van der Waals surface area contributed by atoms with E-state index in [1.54, 1.807) is 26.2 Å². The summed E-state index contributed by atoms with van der Waals surface area (Å²) in [5.74, 6) is -10.9. The Hall–Kier alpha value is -4.92. The number of aromatic nitrogens is 2. The van der Waals surface area contributed by atoms with Crippen LogP contribution in [0.5, 0.6) is 0 Å². The van der Waals surface area contributed by atoms with Crippen molar-refractivity contribution in [2.75, 3.05) is 17.3 Å². The lowest BCUT2D eigenvalue weighted by Crippen LogP contribution is -2.59. The van der Waals surface area contributed by atoms with E-state index in [9.17, 15) is 49.9 Å². The second kappa shape index (κ2) is 14.7. The lowest BCUT2D eigenvalue weighted by molar-refractivity contribution is -0.314. The number of benzene rings is 2. The van der Waals surface area contributed by atoms with Gasteiger partial charge in [-0.05, 0) is 51.5 Å². The first-order valence-electron chi connectivity index (χ1n) is 14.7. The van der Waals surface area contributed by atoms with E-state index in [0.717, 1.165) is 18.7 Å². The van der Waals surface area contributed by atoms with Gasteiger partial charge in [-0.15, -0.1) is 11.8 Å². The molecule has 1 aliphatic heterocycles. The smallest absolute Gasteiger partial charge is 0.444 e. The van der Waals surface area contributed by atoms with Crippen molar-refractivity contribution in [3.05, 3.63) is 59.5 Å². The third kappa shape index (κ3) is 9.25. The zero-order valence-corrected chi connectivity index (χ0v) is 27.8. The fourth-order valence-corrected chi connectivity index (χ4v) is 5.45. The molecule has 21 heteroatoms. The summed E-state index contributed by atoms with van der Waals surface area (Å²) in [6.45, 7) is 4.81. The summed E-state index contributed by atoms with van der Waals surface area (Å²) in [4.78, 5) is 56.5. The number of alkyl carbamates (subject to hydrolysis) is 1. The van der Waals surface area contributed by atoms with Gasteiger partial charge in [0.25, 0.3) is 11.8 Å². The lowest BCUT2D eigenvalue weighted by Gasteiger charge is -2.27. The Bertz CT molecular complexity index is 1780. The number of halogens is 7. The first kappa shape index (κ1) is 38.9. The van der Waals surface area contributed by atoms with Crippen LogP contribution in [0.4, 0.5) is 41.2 Å². The topological polar surface area (TPSA) is 165 Å². The first-order chi connectivity index (χ1) is 23.6. The Morgan fingerprint density at radius 1 is 1.00 bits per heavy atom. The number of carbonyl (C=O) groups is 4. The molecule has 2 heterocycles. The molecule has 3 N–H and O–H groups in total. The van der Waals surface area contributed by atoms with E-state index in [-0.39, 0.29) is 34.9 Å². The van der Waals surface area contributed by atoms with Gasteiger partial charge in [0.2, 0.25) is 5.82 Å². The van der Waals surface area contributed by atoms with Crippen molar-refractivity contribution in [3.63, 3.8) is 0 Å². The average Bonchev–Trinajstić information content (AvgIpc) is 3.50. The van der Waals surface area contributed by atoms with Crippen LogP contribution < -0.4 is 21.1 Å². The molecule has 0 fully saturated rings. The van der Waals surface area contributed by atoms with Crippen LogP contribution in [0, 0.1) is 0 Å².